The van der Waals surface area contributed by atoms with Gasteiger partial charge in [-0.3, -0.25) is 4.79 Å². The number of sulfonamides is 1. The van der Waals surface area contributed by atoms with Crippen molar-refractivity contribution in [2.24, 2.45) is 0 Å². The van der Waals surface area contributed by atoms with E-state index in [2.05, 4.69) is 4.72 Å². The number of hydrogen-bond donors (Lipinski definition) is 3. The highest BCUT2D eigenvalue weighted by molar-refractivity contribution is 7.88. The molecule has 1 aliphatic heterocycles. The molecule has 0 radical (unpaired) electrons. The Morgan fingerprint density at radius 1 is 1.39 bits per heavy atom. The number of aliphatic hydroxyl groups excluding tert-OH is 1. The molecule has 1 amide bonds. The smallest absolute Gasteiger partial charge is 0.254 e. The summed E-state index contributed by atoms with van der Waals surface area (Å²) in [4.78, 5) is 13.8. The van der Waals surface area contributed by atoms with Gasteiger partial charge in [0.25, 0.3) is 5.91 Å². The van der Waals surface area contributed by atoms with Crippen LogP contribution >= 0.6 is 0 Å². The number of rotatable bonds is 5. The number of carbonyl (C=O) groups is 1. The molecule has 3 N–H and O–H groups in total. The topological polar surface area (TPSA) is 107 Å². The van der Waals surface area contributed by atoms with Crippen LogP contribution in [0.4, 0.5) is 0 Å². The van der Waals surface area contributed by atoms with Crippen molar-refractivity contribution >= 4 is 15.9 Å². The van der Waals surface area contributed by atoms with Crippen molar-refractivity contribution in [1.82, 2.24) is 9.62 Å². The summed E-state index contributed by atoms with van der Waals surface area (Å²) >= 11 is 0. The fraction of sp³-hybridized carbons (Fsp3) is 0.533. The number of nitrogens with one attached hydrogen (secondary N) is 1. The highest BCUT2D eigenvalue weighted by atomic mass is 32.2. The summed E-state index contributed by atoms with van der Waals surface area (Å²) in [5.41, 5.74) is -0.117. The summed E-state index contributed by atoms with van der Waals surface area (Å²) in [6.45, 7) is 1.50. The van der Waals surface area contributed by atoms with Crippen LogP contribution in [-0.2, 0) is 16.4 Å². The number of aryl methyl sites for hydroxylation is 1. The lowest BCUT2D eigenvalue weighted by atomic mass is 10.0. The lowest BCUT2D eigenvalue weighted by molar-refractivity contribution is -0.0352. The maximum absolute atomic E-state index is 12.4. The van der Waals surface area contributed by atoms with E-state index in [1.165, 1.54) is 4.90 Å². The maximum Gasteiger partial charge on any atom is 0.254 e. The number of aliphatic hydroxyl groups is 2. The van der Waals surface area contributed by atoms with Crippen LogP contribution in [0, 0.1) is 0 Å². The van der Waals surface area contributed by atoms with Gasteiger partial charge in [0.05, 0.1) is 12.8 Å². The van der Waals surface area contributed by atoms with Crippen LogP contribution < -0.4 is 4.72 Å². The maximum atomic E-state index is 12.4. The lowest BCUT2D eigenvalue weighted by Crippen LogP contribution is -2.51. The Labute approximate surface area is 136 Å². The highest BCUT2D eigenvalue weighted by Crippen LogP contribution is 2.23. The van der Waals surface area contributed by atoms with Crippen molar-refractivity contribution in [2.45, 2.75) is 25.0 Å². The van der Waals surface area contributed by atoms with E-state index in [9.17, 15) is 23.4 Å². The first-order valence-corrected chi connectivity index (χ1v) is 9.27. The standard InChI is InChI=1S/C15H22N2O5S/c1-3-11-4-6-12(7-5-11)14(19)17-8-13(18)15(20,10-17)9-16-23(2,21)22/h4-7,13,16,18,20H,3,8-10H2,1-2H3/t13-,15+/m1/s1. The van der Waals surface area contributed by atoms with E-state index < -0.39 is 21.7 Å². The molecule has 0 aliphatic carbocycles. The predicted octanol–water partition coefficient (Wildman–Crippen LogP) is -0.654. The van der Waals surface area contributed by atoms with Gasteiger partial charge in [-0.1, -0.05) is 19.1 Å². The second-order valence-corrected chi connectivity index (χ2v) is 7.78. The zero-order valence-corrected chi connectivity index (χ0v) is 14.0. The SMILES string of the molecule is CCc1ccc(C(=O)N2C[C@@H](O)[C@](O)(CNS(C)(=O)=O)C2)cc1. The molecule has 1 heterocycles. The Bertz CT molecular complexity index is 674. The summed E-state index contributed by atoms with van der Waals surface area (Å²) in [5.74, 6) is -0.304. The number of nitrogens with zero attached hydrogens (tertiary/aromatic N) is 1. The molecule has 1 aliphatic rings. The number of likely N-dealkylation sites (tertiary alicyclic amines) is 1. The number of hydrogen-bond acceptors (Lipinski definition) is 5. The van der Waals surface area contributed by atoms with Gasteiger partial charge >= 0.3 is 0 Å². The average molecular weight is 342 g/mol. The Morgan fingerprint density at radius 2 is 2.00 bits per heavy atom. The van der Waals surface area contributed by atoms with Crippen LogP contribution in [0.1, 0.15) is 22.8 Å². The van der Waals surface area contributed by atoms with E-state index in [1.54, 1.807) is 12.1 Å². The molecule has 0 unspecified atom stereocenters. The summed E-state index contributed by atoms with van der Waals surface area (Å²) in [7, 11) is -3.50. The first kappa shape index (κ1) is 17.9. The summed E-state index contributed by atoms with van der Waals surface area (Å²) < 4.78 is 24.5. The molecular weight excluding hydrogens is 320 g/mol. The van der Waals surface area contributed by atoms with Crippen molar-refractivity contribution in [3.05, 3.63) is 35.4 Å². The fourth-order valence-electron chi connectivity index (χ4n) is 2.53. The number of benzene rings is 1. The summed E-state index contributed by atoms with van der Waals surface area (Å²) in [6, 6.07) is 7.13. The minimum Gasteiger partial charge on any atom is -0.388 e. The molecule has 1 aromatic rings. The van der Waals surface area contributed by atoms with Gasteiger partial charge in [0.15, 0.2) is 0 Å². The van der Waals surface area contributed by atoms with Crippen LogP contribution in [0.5, 0.6) is 0 Å². The molecule has 0 aromatic heterocycles. The average Bonchev–Trinajstić information content (AvgIpc) is 2.80. The van der Waals surface area contributed by atoms with Gasteiger partial charge < -0.3 is 15.1 Å². The molecule has 0 saturated carbocycles. The molecule has 1 saturated heterocycles. The summed E-state index contributed by atoms with van der Waals surface area (Å²) in [5, 5.41) is 20.4. The van der Waals surface area contributed by atoms with Crippen LogP contribution in [0.3, 0.4) is 0 Å². The van der Waals surface area contributed by atoms with E-state index in [1.807, 2.05) is 19.1 Å². The molecule has 2 atom stereocenters. The van der Waals surface area contributed by atoms with E-state index in [4.69, 9.17) is 0 Å². The Hall–Kier alpha value is -1.48. The molecule has 2 rings (SSSR count). The van der Waals surface area contributed by atoms with Gasteiger partial charge in [0.2, 0.25) is 10.0 Å². The largest absolute Gasteiger partial charge is 0.388 e. The monoisotopic (exact) mass is 342 g/mol. The fourth-order valence-corrected chi connectivity index (χ4v) is 3.04. The molecule has 23 heavy (non-hydrogen) atoms. The zero-order chi connectivity index (χ0) is 17.3. The minimum absolute atomic E-state index is 0.0453. The van der Waals surface area contributed by atoms with Gasteiger partial charge in [-0.2, -0.15) is 0 Å². The Morgan fingerprint density at radius 3 is 2.52 bits per heavy atom. The van der Waals surface area contributed by atoms with Gasteiger partial charge in [0.1, 0.15) is 11.7 Å². The van der Waals surface area contributed by atoms with E-state index in [0.717, 1.165) is 18.2 Å². The van der Waals surface area contributed by atoms with Crippen LogP contribution in [0.15, 0.2) is 24.3 Å². The Balaban J connectivity index is 2.08. The molecule has 1 aromatic carbocycles. The van der Waals surface area contributed by atoms with Gasteiger partial charge in [-0.15, -0.1) is 0 Å². The zero-order valence-electron chi connectivity index (χ0n) is 13.2. The molecule has 7 nitrogen and oxygen atoms in total. The van der Waals surface area contributed by atoms with Crippen molar-refractivity contribution in [1.29, 1.82) is 0 Å². The summed E-state index contributed by atoms with van der Waals surface area (Å²) in [6.07, 6.45) is 0.625. The number of amides is 1. The van der Waals surface area contributed by atoms with E-state index in [-0.39, 0.29) is 25.5 Å². The number of β-amino-alcohol motifs (C(OH)–C–C–N with tert-alkyl or cyclic N) is 2. The predicted molar refractivity (Wildman–Crippen MR) is 85.5 cm³/mol. The van der Waals surface area contributed by atoms with Crippen LogP contribution in [-0.4, -0.2) is 67.0 Å². The molecule has 0 bridgehead atoms. The molecular formula is C15H22N2O5S. The molecule has 8 heteroatoms. The quantitative estimate of drug-likeness (QED) is 0.659. The normalized spacial score (nSPS) is 24.9. The first-order chi connectivity index (χ1) is 10.6. The second kappa shape index (κ2) is 6.56. The second-order valence-electron chi connectivity index (χ2n) is 5.95. The van der Waals surface area contributed by atoms with Crippen LogP contribution in [0.2, 0.25) is 0 Å². The molecule has 1 fully saturated rings. The highest BCUT2D eigenvalue weighted by Gasteiger charge is 2.46. The van der Waals surface area contributed by atoms with Gasteiger partial charge in [-0.05, 0) is 24.1 Å². The third kappa shape index (κ3) is 4.29. The van der Waals surface area contributed by atoms with E-state index in [0.29, 0.717) is 5.56 Å². The minimum atomic E-state index is -3.50. The lowest BCUT2D eigenvalue weighted by Gasteiger charge is -2.25. The van der Waals surface area contributed by atoms with Crippen molar-refractivity contribution in [3.8, 4) is 0 Å². The van der Waals surface area contributed by atoms with Crippen molar-refractivity contribution in [2.75, 3.05) is 25.9 Å². The number of carbonyl (C=O) groups excluding carboxylic acids is 1. The van der Waals surface area contributed by atoms with Crippen LogP contribution in [0.25, 0.3) is 0 Å². The van der Waals surface area contributed by atoms with Gasteiger partial charge in [-0.25, -0.2) is 13.1 Å². The third-order valence-electron chi connectivity index (χ3n) is 4.02. The Kier molecular flexibility index (Phi) is 5.10. The molecule has 128 valence electrons. The van der Waals surface area contributed by atoms with Crippen molar-refractivity contribution in [3.63, 3.8) is 0 Å². The third-order valence-corrected chi connectivity index (χ3v) is 4.68. The first-order valence-electron chi connectivity index (χ1n) is 7.38. The van der Waals surface area contributed by atoms with E-state index >= 15 is 0 Å². The van der Waals surface area contributed by atoms with Crippen molar-refractivity contribution < 1.29 is 23.4 Å². The molecule has 0 spiro atoms. The van der Waals surface area contributed by atoms with Gasteiger partial charge in [0, 0.05) is 18.7 Å².